The van der Waals surface area contributed by atoms with Gasteiger partial charge in [-0.3, -0.25) is 4.79 Å². The van der Waals surface area contributed by atoms with Gasteiger partial charge in [-0.05, 0) is 31.0 Å². The van der Waals surface area contributed by atoms with Crippen LogP contribution < -0.4 is 4.72 Å². The Morgan fingerprint density at radius 2 is 2.00 bits per heavy atom. The van der Waals surface area contributed by atoms with Gasteiger partial charge in [-0.2, -0.15) is 0 Å². The van der Waals surface area contributed by atoms with Crippen LogP contribution in [0.2, 0.25) is 5.02 Å². The van der Waals surface area contributed by atoms with Crippen LogP contribution in [0.3, 0.4) is 0 Å². The first kappa shape index (κ1) is 16.2. The summed E-state index contributed by atoms with van der Waals surface area (Å²) in [6.07, 6.45) is 1.08. The van der Waals surface area contributed by atoms with Gasteiger partial charge in [-0.1, -0.05) is 11.6 Å². The van der Waals surface area contributed by atoms with Crippen LogP contribution in [-0.2, 0) is 14.8 Å². The molecule has 0 bridgehead atoms. The standard InChI is InChI=1S/C13H16ClFN2O3S/c1-9(18)17-6-4-11(5-7-17)16-21(19,20)13-3-2-10(15)8-12(13)14/h2-3,8,11,16H,4-7H2,1H3. The molecule has 21 heavy (non-hydrogen) atoms. The van der Waals surface area contributed by atoms with E-state index in [9.17, 15) is 17.6 Å². The molecule has 5 nitrogen and oxygen atoms in total. The third-order valence-electron chi connectivity index (χ3n) is 3.45. The Bertz CT molecular complexity index is 643. The van der Waals surface area contributed by atoms with Crippen molar-refractivity contribution in [1.29, 1.82) is 0 Å². The zero-order valence-electron chi connectivity index (χ0n) is 11.5. The number of halogens is 2. The molecule has 2 rings (SSSR count). The van der Waals surface area contributed by atoms with Crippen molar-refractivity contribution in [2.24, 2.45) is 0 Å². The van der Waals surface area contributed by atoms with Crippen LogP contribution in [0.5, 0.6) is 0 Å². The van der Waals surface area contributed by atoms with Crippen LogP contribution in [0, 0.1) is 5.82 Å². The number of carbonyl (C=O) groups excluding carboxylic acids is 1. The van der Waals surface area contributed by atoms with E-state index in [1.165, 1.54) is 6.92 Å². The molecule has 1 saturated heterocycles. The van der Waals surface area contributed by atoms with Crippen LogP contribution >= 0.6 is 11.6 Å². The Hall–Kier alpha value is -1.18. The van der Waals surface area contributed by atoms with E-state index in [1.807, 2.05) is 0 Å². The molecule has 1 heterocycles. The summed E-state index contributed by atoms with van der Waals surface area (Å²) in [5.41, 5.74) is 0. The van der Waals surface area contributed by atoms with Gasteiger partial charge in [0.15, 0.2) is 0 Å². The molecule has 1 aliphatic rings. The van der Waals surface area contributed by atoms with Crippen molar-refractivity contribution in [3.05, 3.63) is 29.0 Å². The Labute approximate surface area is 128 Å². The van der Waals surface area contributed by atoms with Crippen LogP contribution in [0.15, 0.2) is 23.1 Å². The zero-order chi connectivity index (χ0) is 15.6. The number of hydrogen-bond donors (Lipinski definition) is 1. The number of piperidine rings is 1. The summed E-state index contributed by atoms with van der Waals surface area (Å²) in [4.78, 5) is 12.8. The van der Waals surface area contributed by atoms with E-state index in [4.69, 9.17) is 11.6 Å². The molecule has 1 aromatic carbocycles. The highest BCUT2D eigenvalue weighted by Crippen LogP contribution is 2.23. The minimum absolute atomic E-state index is 0.0158. The quantitative estimate of drug-likeness (QED) is 0.916. The van der Waals surface area contributed by atoms with Crippen molar-refractivity contribution >= 4 is 27.5 Å². The maximum atomic E-state index is 13.0. The molecule has 1 N–H and O–H groups in total. The smallest absolute Gasteiger partial charge is 0.242 e. The largest absolute Gasteiger partial charge is 0.343 e. The number of sulfonamides is 1. The average Bonchev–Trinajstić information content (AvgIpc) is 2.38. The molecule has 1 fully saturated rings. The summed E-state index contributed by atoms with van der Waals surface area (Å²) in [5, 5.41) is -0.149. The van der Waals surface area contributed by atoms with E-state index in [-0.39, 0.29) is 21.9 Å². The topological polar surface area (TPSA) is 66.5 Å². The number of benzene rings is 1. The summed E-state index contributed by atoms with van der Waals surface area (Å²) >= 11 is 5.78. The first-order valence-electron chi connectivity index (χ1n) is 6.52. The lowest BCUT2D eigenvalue weighted by atomic mass is 10.1. The number of nitrogens with one attached hydrogen (secondary N) is 1. The molecule has 0 radical (unpaired) electrons. The molecule has 1 aliphatic heterocycles. The van der Waals surface area contributed by atoms with E-state index < -0.39 is 15.8 Å². The molecule has 0 aromatic heterocycles. The van der Waals surface area contributed by atoms with Crippen molar-refractivity contribution in [2.45, 2.75) is 30.7 Å². The van der Waals surface area contributed by atoms with Crippen LogP contribution in [0.4, 0.5) is 4.39 Å². The number of likely N-dealkylation sites (tertiary alicyclic amines) is 1. The lowest BCUT2D eigenvalue weighted by molar-refractivity contribution is -0.129. The second kappa shape index (κ2) is 6.29. The first-order chi connectivity index (χ1) is 9.79. The second-order valence-electron chi connectivity index (χ2n) is 4.98. The minimum atomic E-state index is -3.80. The van der Waals surface area contributed by atoms with Gasteiger partial charge < -0.3 is 4.90 Å². The Morgan fingerprint density at radius 3 is 2.52 bits per heavy atom. The number of nitrogens with zero attached hydrogens (tertiary/aromatic N) is 1. The summed E-state index contributed by atoms with van der Waals surface area (Å²) in [6, 6.07) is 2.91. The van der Waals surface area contributed by atoms with E-state index in [2.05, 4.69) is 4.72 Å². The Balaban J connectivity index is 2.07. The summed E-state index contributed by atoms with van der Waals surface area (Å²) in [5.74, 6) is -0.605. The van der Waals surface area contributed by atoms with Gasteiger partial charge in [-0.25, -0.2) is 17.5 Å². The molecule has 0 spiro atoms. The van der Waals surface area contributed by atoms with E-state index in [0.717, 1.165) is 18.2 Å². The summed E-state index contributed by atoms with van der Waals surface area (Å²) in [6.45, 7) is 2.52. The third kappa shape index (κ3) is 3.93. The molecule has 0 saturated carbocycles. The van der Waals surface area contributed by atoms with Crippen molar-refractivity contribution in [3.8, 4) is 0 Å². The van der Waals surface area contributed by atoms with E-state index in [0.29, 0.717) is 25.9 Å². The fraction of sp³-hybridized carbons (Fsp3) is 0.462. The molecular formula is C13H16ClFN2O3S. The van der Waals surface area contributed by atoms with Gasteiger partial charge in [-0.15, -0.1) is 0 Å². The molecule has 0 atom stereocenters. The molecule has 0 aliphatic carbocycles. The molecular weight excluding hydrogens is 319 g/mol. The van der Waals surface area contributed by atoms with Gasteiger partial charge in [0.25, 0.3) is 0 Å². The van der Waals surface area contributed by atoms with Gasteiger partial charge in [0.05, 0.1) is 5.02 Å². The first-order valence-corrected chi connectivity index (χ1v) is 8.38. The lowest BCUT2D eigenvalue weighted by Crippen LogP contribution is -2.45. The van der Waals surface area contributed by atoms with Gasteiger partial charge in [0, 0.05) is 26.1 Å². The monoisotopic (exact) mass is 334 g/mol. The van der Waals surface area contributed by atoms with Gasteiger partial charge in [0.1, 0.15) is 10.7 Å². The van der Waals surface area contributed by atoms with Gasteiger partial charge >= 0.3 is 0 Å². The highest BCUT2D eigenvalue weighted by molar-refractivity contribution is 7.89. The van der Waals surface area contributed by atoms with Crippen molar-refractivity contribution < 1.29 is 17.6 Å². The molecule has 1 aromatic rings. The Kier molecular flexibility index (Phi) is 4.85. The average molecular weight is 335 g/mol. The minimum Gasteiger partial charge on any atom is -0.343 e. The summed E-state index contributed by atoms with van der Waals surface area (Å²) < 4.78 is 40.0. The van der Waals surface area contributed by atoms with E-state index >= 15 is 0 Å². The van der Waals surface area contributed by atoms with Crippen molar-refractivity contribution in [2.75, 3.05) is 13.1 Å². The molecule has 8 heteroatoms. The Morgan fingerprint density at radius 1 is 1.38 bits per heavy atom. The highest BCUT2D eigenvalue weighted by atomic mass is 35.5. The number of amides is 1. The lowest BCUT2D eigenvalue weighted by Gasteiger charge is -2.31. The fourth-order valence-corrected chi connectivity index (χ4v) is 4.12. The predicted molar refractivity (Wildman–Crippen MR) is 77.0 cm³/mol. The number of carbonyl (C=O) groups is 1. The van der Waals surface area contributed by atoms with Crippen molar-refractivity contribution in [3.63, 3.8) is 0 Å². The number of rotatable bonds is 3. The molecule has 0 unspecified atom stereocenters. The van der Waals surface area contributed by atoms with Crippen molar-refractivity contribution in [1.82, 2.24) is 9.62 Å². The molecule has 116 valence electrons. The van der Waals surface area contributed by atoms with Crippen LogP contribution in [-0.4, -0.2) is 38.4 Å². The normalized spacial score (nSPS) is 17.0. The third-order valence-corrected chi connectivity index (χ3v) is 5.45. The van der Waals surface area contributed by atoms with Crippen LogP contribution in [0.25, 0.3) is 0 Å². The number of hydrogen-bond acceptors (Lipinski definition) is 3. The van der Waals surface area contributed by atoms with Gasteiger partial charge in [0.2, 0.25) is 15.9 Å². The molecule has 1 amide bonds. The predicted octanol–water partition coefficient (Wildman–Crippen LogP) is 1.77. The fourth-order valence-electron chi connectivity index (χ4n) is 2.29. The van der Waals surface area contributed by atoms with Crippen LogP contribution in [0.1, 0.15) is 19.8 Å². The zero-order valence-corrected chi connectivity index (χ0v) is 13.0. The second-order valence-corrected chi connectivity index (χ2v) is 7.07. The summed E-state index contributed by atoms with van der Waals surface area (Å²) in [7, 11) is -3.80. The van der Waals surface area contributed by atoms with E-state index in [1.54, 1.807) is 4.90 Å². The highest BCUT2D eigenvalue weighted by Gasteiger charge is 2.26. The SMILES string of the molecule is CC(=O)N1CCC(NS(=O)(=O)c2ccc(F)cc2Cl)CC1. The maximum absolute atomic E-state index is 13.0. The maximum Gasteiger partial charge on any atom is 0.242 e.